The van der Waals surface area contributed by atoms with Crippen molar-refractivity contribution in [3.05, 3.63) is 17.0 Å². The predicted molar refractivity (Wildman–Crippen MR) is 83.2 cm³/mol. The van der Waals surface area contributed by atoms with Crippen LogP contribution in [-0.2, 0) is 21.2 Å². The molecule has 0 bridgehead atoms. The summed E-state index contributed by atoms with van der Waals surface area (Å²) in [5.41, 5.74) is 0. The quantitative estimate of drug-likeness (QED) is 0.795. The summed E-state index contributed by atoms with van der Waals surface area (Å²) in [7, 11) is -3.40. The minimum atomic E-state index is -3.40. The van der Waals surface area contributed by atoms with E-state index in [-0.39, 0.29) is 6.04 Å². The molecule has 0 aromatic carbocycles. The highest BCUT2D eigenvalue weighted by Gasteiger charge is 2.24. The first-order valence-corrected chi connectivity index (χ1v) is 9.85. The topological polar surface area (TPSA) is 67.4 Å². The summed E-state index contributed by atoms with van der Waals surface area (Å²) in [5.74, 6) is 0. The summed E-state index contributed by atoms with van der Waals surface area (Å²) in [4.78, 5) is 1.11. The first-order chi connectivity index (χ1) is 10.1. The van der Waals surface area contributed by atoms with Crippen LogP contribution in [0.2, 0.25) is 0 Å². The first kappa shape index (κ1) is 15.4. The third kappa shape index (κ3) is 4.50. The van der Waals surface area contributed by atoms with Gasteiger partial charge in [-0.2, -0.15) is 0 Å². The average molecular weight is 330 g/mol. The summed E-state index contributed by atoms with van der Waals surface area (Å²) in [6.07, 6.45) is 5.20. The van der Waals surface area contributed by atoms with Gasteiger partial charge in [-0.05, 0) is 44.2 Å². The minimum absolute atomic E-state index is 0.0918. The highest BCUT2D eigenvalue weighted by Crippen LogP contribution is 2.23. The molecule has 0 spiro atoms. The predicted octanol–water partition coefficient (Wildman–Crippen LogP) is 1.50. The molecule has 2 N–H and O–H groups in total. The molecular weight excluding hydrogens is 308 g/mol. The van der Waals surface area contributed by atoms with E-state index < -0.39 is 10.0 Å². The smallest absolute Gasteiger partial charge is 0.250 e. The summed E-state index contributed by atoms with van der Waals surface area (Å²) in [5, 5.41) is 3.44. The van der Waals surface area contributed by atoms with Crippen LogP contribution in [0.15, 0.2) is 16.3 Å². The van der Waals surface area contributed by atoms with Crippen LogP contribution in [0.1, 0.15) is 30.6 Å². The second kappa shape index (κ2) is 6.75. The SMILES string of the molecule is O=S(=O)(NC1CCCOC1)c1ccc(CCNC2CC2)s1. The van der Waals surface area contributed by atoms with E-state index in [9.17, 15) is 8.42 Å². The van der Waals surface area contributed by atoms with Gasteiger partial charge in [0.05, 0.1) is 6.61 Å². The Morgan fingerprint density at radius 2 is 2.10 bits per heavy atom. The molecule has 0 radical (unpaired) electrons. The van der Waals surface area contributed by atoms with E-state index in [2.05, 4.69) is 10.0 Å². The lowest BCUT2D eigenvalue weighted by Crippen LogP contribution is -2.40. The molecule has 1 atom stereocenters. The Hall–Kier alpha value is -0.470. The Morgan fingerprint density at radius 1 is 1.24 bits per heavy atom. The average Bonchev–Trinajstić information content (AvgIpc) is 3.15. The van der Waals surface area contributed by atoms with Crippen molar-refractivity contribution in [2.24, 2.45) is 0 Å². The molecule has 1 saturated carbocycles. The fourth-order valence-corrected chi connectivity index (χ4v) is 5.06. The third-order valence-electron chi connectivity index (χ3n) is 3.77. The van der Waals surface area contributed by atoms with Crippen molar-refractivity contribution in [2.45, 2.75) is 48.4 Å². The molecule has 0 amide bonds. The lowest BCUT2D eigenvalue weighted by molar-refractivity contribution is 0.0774. The molecule has 2 fully saturated rings. The van der Waals surface area contributed by atoms with Gasteiger partial charge in [0.25, 0.3) is 0 Å². The monoisotopic (exact) mass is 330 g/mol. The molecule has 1 aliphatic heterocycles. The van der Waals surface area contributed by atoms with Crippen LogP contribution in [0.3, 0.4) is 0 Å². The van der Waals surface area contributed by atoms with Gasteiger partial charge in [0.1, 0.15) is 4.21 Å². The van der Waals surface area contributed by atoms with Crippen molar-refractivity contribution in [1.82, 2.24) is 10.0 Å². The van der Waals surface area contributed by atoms with Crippen LogP contribution < -0.4 is 10.0 Å². The van der Waals surface area contributed by atoms with Gasteiger partial charge in [-0.1, -0.05) is 0 Å². The van der Waals surface area contributed by atoms with Crippen molar-refractivity contribution in [2.75, 3.05) is 19.8 Å². The fourth-order valence-electron chi connectivity index (χ4n) is 2.44. The molecule has 21 heavy (non-hydrogen) atoms. The van der Waals surface area contributed by atoms with Crippen LogP contribution in [0.4, 0.5) is 0 Å². The molecule has 2 aliphatic rings. The summed E-state index contributed by atoms with van der Waals surface area (Å²) >= 11 is 1.37. The molecule has 7 heteroatoms. The van der Waals surface area contributed by atoms with Crippen molar-refractivity contribution in [3.63, 3.8) is 0 Å². The van der Waals surface area contributed by atoms with Gasteiger partial charge in [-0.3, -0.25) is 0 Å². The highest BCUT2D eigenvalue weighted by molar-refractivity contribution is 7.91. The Kier molecular flexibility index (Phi) is 4.96. The van der Waals surface area contributed by atoms with Gasteiger partial charge in [-0.15, -0.1) is 11.3 Å². The van der Waals surface area contributed by atoms with E-state index in [0.29, 0.717) is 16.9 Å². The fraction of sp³-hybridized carbons (Fsp3) is 0.714. The van der Waals surface area contributed by atoms with Crippen molar-refractivity contribution < 1.29 is 13.2 Å². The summed E-state index contributed by atoms with van der Waals surface area (Å²) < 4.78 is 33.1. The van der Waals surface area contributed by atoms with Crippen LogP contribution >= 0.6 is 11.3 Å². The van der Waals surface area contributed by atoms with Crippen molar-refractivity contribution in [3.8, 4) is 0 Å². The van der Waals surface area contributed by atoms with Gasteiger partial charge in [-0.25, -0.2) is 13.1 Å². The molecule has 1 unspecified atom stereocenters. The summed E-state index contributed by atoms with van der Waals surface area (Å²) in [6.45, 7) is 2.13. The maximum atomic E-state index is 12.3. The molecule has 1 aromatic heterocycles. The lowest BCUT2D eigenvalue weighted by atomic mass is 10.1. The van der Waals surface area contributed by atoms with E-state index >= 15 is 0 Å². The first-order valence-electron chi connectivity index (χ1n) is 7.56. The summed E-state index contributed by atoms with van der Waals surface area (Å²) in [6, 6.07) is 4.24. The maximum absolute atomic E-state index is 12.3. The Balaban J connectivity index is 1.55. The van der Waals surface area contributed by atoms with Gasteiger partial charge in [0.2, 0.25) is 10.0 Å². The largest absolute Gasteiger partial charge is 0.380 e. The van der Waals surface area contributed by atoms with Gasteiger partial charge in [0, 0.05) is 30.1 Å². The highest BCUT2D eigenvalue weighted by atomic mass is 32.2. The van der Waals surface area contributed by atoms with Crippen LogP contribution in [0, 0.1) is 0 Å². The molecule has 1 aromatic rings. The Morgan fingerprint density at radius 3 is 2.81 bits per heavy atom. The van der Waals surface area contributed by atoms with E-state index in [1.807, 2.05) is 6.07 Å². The number of hydrogen-bond acceptors (Lipinski definition) is 5. The number of rotatable bonds is 7. The van der Waals surface area contributed by atoms with Gasteiger partial charge < -0.3 is 10.1 Å². The van der Waals surface area contributed by atoms with Crippen LogP contribution in [0.25, 0.3) is 0 Å². The van der Waals surface area contributed by atoms with E-state index in [1.54, 1.807) is 6.07 Å². The lowest BCUT2D eigenvalue weighted by Gasteiger charge is -2.22. The molecule has 1 saturated heterocycles. The molecule has 3 rings (SSSR count). The van der Waals surface area contributed by atoms with Crippen LogP contribution in [-0.4, -0.2) is 40.3 Å². The van der Waals surface area contributed by atoms with E-state index in [4.69, 9.17) is 4.74 Å². The normalized spacial score (nSPS) is 23.3. The number of ether oxygens (including phenoxy) is 1. The van der Waals surface area contributed by atoms with Crippen molar-refractivity contribution in [1.29, 1.82) is 0 Å². The zero-order chi connectivity index (χ0) is 14.7. The number of nitrogens with one attached hydrogen (secondary N) is 2. The zero-order valence-electron chi connectivity index (χ0n) is 12.0. The van der Waals surface area contributed by atoms with Crippen LogP contribution in [0.5, 0.6) is 0 Å². The third-order valence-corrected chi connectivity index (χ3v) is 6.92. The molecular formula is C14H22N2O3S2. The molecule has 5 nitrogen and oxygen atoms in total. The molecule has 118 valence electrons. The maximum Gasteiger partial charge on any atom is 0.250 e. The second-order valence-electron chi connectivity index (χ2n) is 5.73. The number of sulfonamides is 1. The molecule has 1 aliphatic carbocycles. The number of hydrogen-bond donors (Lipinski definition) is 2. The Labute approximate surface area is 130 Å². The number of thiophene rings is 1. The van der Waals surface area contributed by atoms with Gasteiger partial charge in [0.15, 0.2) is 0 Å². The standard InChI is InChI=1S/C14H22N2O3S2/c17-21(18,16-12-2-1-9-19-10-12)14-6-5-13(20-14)7-8-15-11-3-4-11/h5-6,11-12,15-16H,1-4,7-10H2. The Bertz CT molecular complexity index is 561. The van der Waals surface area contributed by atoms with Crippen molar-refractivity contribution >= 4 is 21.4 Å². The minimum Gasteiger partial charge on any atom is -0.380 e. The second-order valence-corrected chi connectivity index (χ2v) is 8.84. The van der Waals surface area contributed by atoms with Gasteiger partial charge >= 0.3 is 0 Å². The zero-order valence-corrected chi connectivity index (χ0v) is 13.6. The molecule has 2 heterocycles. The van der Waals surface area contributed by atoms with E-state index in [1.165, 1.54) is 24.2 Å². The van der Waals surface area contributed by atoms with E-state index in [0.717, 1.165) is 37.3 Å².